The molecule has 27 heavy (non-hydrogen) atoms. The van der Waals surface area contributed by atoms with E-state index in [1.165, 1.54) is 0 Å². The van der Waals surface area contributed by atoms with E-state index in [1.54, 1.807) is 0 Å². The summed E-state index contributed by atoms with van der Waals surface area (Å²) in [5, 5.41) is 3.59. The number of nitrogens with one attached hydrogen (secondary N) is 1. The van der Waals surface area contributed by atoms with Crippen molar-refractivity contribution in [2.75, 3.05) is 18.4 Å². The molecule has 146 valence electrons. The Hall–Kier alpha value is -1.59. The number of fused-ring (bicyclic) bond motifs is 1. The highest BCUT2D eigenvalue weighted by Crippen LogP contribution is 2.43. The third-order valence-electron chi connectivity index (χ3n) is 6.77. The summed E-state index contributed by atoms with van der Waals surface area (Å²) in [7, 11) is 0. The summed E-state index contributed by atoms with van der Waals surface area (Å²) in [6.45, 7) is 3.44. The van der Waals surface area contributed by atoms with E-state index in [-0.39, 0.29) is 29.6 Å². The Morgan fingerprint density at radius 1 is 1.26 bits per heavy atom. The number of nitrogens with zero attached hydrogens (tertiary/aromatic N) is 1. The van der Waals surface area contributed by atoms with Gasteiger partial charge in [0, 0.05) is 29.3 Å². The zero-order valence-corrected chi connectivity index (χ0v) is 16.6. The monoisotopic (exact) mass is 389 g/mol. The van der Waals surface area contributed by atoms with E-state index in [0.717, 1.165) is 49.8 Å². The first kappa shape index (κ1) is 18.8. The van der Waals surface area contributed by atoms with Crippen molar-refractivity contribution in [2.24, 2.45) is 17.6 Å². The van der Waals surface area contributed by atoms with Gasteiger partial charge in [0.25, 0.3) is 0 Å². The van der Waals surface area contributed by atoms with Crippen molar-refractivity contribution in [1.82, 2.24) is 4.90 Å². The van der Waals surface area contributed by atoms with Crippen molar-refractivity contribution in [3.05, 3.63) is 28.8 Å². The number of halogens is 1. The van der Waals surface area contributed by atoms with Crippen LogP contribution in [0.3, 0.4) is 0 Å². The average Bonchev–Trinajstić information content (AvgIpc) is 2.95. The summed E-state index contributed by atoms with van der Waals surface area (Å²) in [5.74, 6) is 0.316. The van der Waals surface area contributed by atoms with E-state index in [4.69, 9.17) is 17.3 Å². The zero-order valence-electron chi connectivity index (χ0n) is 15.8. The molecule has 0 radical (unpaired) electrons. The van der Waals surface area contributed by atoms with Crippen LogP contribution < -0.4 is 11.1 Å². The van der Waals surface area contributed by atoms with Gasteiger partial charge in [-0.1, -0.05) is 30.5 Å². The lowest BCUT2D eigenvalue weighted by Gasteiger charge is -2.42. The molecule has 1 aromatic rings. The molecule has 0 aromatic heterocycles. The molecule has 2 amide bonds. The van der Waals surface area contributed by atoms with Crippen LogP contribution in [-0.2, 0) is 9.59 Å². The van der Waals surface area contributed by atoms with Crippen LogP contribution in [0.15, 0.2) is 18.2 Å². The van der Waals surface area contributed by atoms with E-state index >= 15 is 0 Å². The summed E-state index contributed by atoms with van der Waals surface area (Å²) in [4.78, 5) is 27.6. The molecule has 0 spiro atoms. The molecule has 1 aromatic carbocycles. The molecule has 5 nitrogen and oxygen atoms in total. The minimum absolute atomic E-state index is 0.0545. The van der Waals surface area contributed by atoms with Gasteiger partial charge in [0.1, 0.15) is 0 Å². The number of hydrogen-bond acceptors (Lipinski definition) is 3. The number of carbonyl (C=O) groups is 2. The minimum atomic E-state index is -0.393. The van der Waals surface area contributed by atoms with Crippen molar-refractivity contribution < 1.29 is 9.59 Å². The third-order valence-corrected chi connectivity index (χ3v) is 7.00. The van der Waals surface area contributed by atoms with Crippen molar-refractivity contribution in [3.8, 4) is 0 Å². The summed E-state index contributed by atoms with van der Waals surface area (Å²) in [6, 6.07) is 5.62. The molecule has 1 aliphatic carbocycles. The van der Waals surface area contributed by atoms with Crippen LogP contribution in [0.5, 0.6) is 0 Å². The second-order valence-corrected chi connectivity index (χ2v) is 9.10. The van der Waals surface area contributed by atoms with Gasteiger partial charge in [-0.3, -0.25) is 9.59 Å². The lowest BCUT2D eigenvalue weighted by Crippen LogP contribution is -2.55. The van der Waals surface area contributed by atoms with Crippen LogP contribution in [-0.4, -0.2) is 35.3 Å². The van der Waals surface area contributed by atoms with Crippen LogP contribution in [0.4, 0.5) is 5.69 Å². The Balaban J connectivity index is 1.42. The highest BCUT2D eigenvalue weighted by molar-refractivity contribution is 6.31. The minimum Gasteiger partial charge on any atom is -0.342 e. The first-order valence-corrected chi connectivity index (χ1v) is 10.4. The standard InChI is InChI=1S/C21H28ClN3O2/c1-21(23)9-3-2-4-16(21)20(27)25-10-7-13(8-11-25)18-15-6-5-14(22)12-17(15)24-19(18)26/h5-6,12-13,16,18H,2-4,7-11,23H2,1H3,(H,24,26). The van der Waals surface area contributed by atoms with Gasteiger partial charge in [-0.15, -0.1) is 0 Å². The number of piperidine rings is 1. The fraction of sp³-hybridized carbons (Fsp3) is 0.619. The van der Waals surface area contributed by atoms with Gasteiger partial charge < -0.3 is 16.0 Å². The highest BCUT2D eigenvalue weighted by atomic mass is 35.5. The molecule has 2 fully saturated rings. The number of benzene rings is 1. The Labute approximate surface area is 165 Å². The smallest absolute Gasteiger partial charge is 0.232 e. The number of hydrogen-bond donors (Lipinski definition) is 2. The summed E-state index contributed by atoms with van der Waals surface area (Å²) < 4.78 is 0. The SMILES string of the molecule is CC1(N)CCCCC1C(=O)N1CCC(C2C(=O)Nc3cc(Cl)ccc32)CC1. The molecule has 6 heteroatoms. The summed E-state index contributed by atoms with van der Waals surface area (Å²) >= 11 is 6.05. The van der Waals surface area contributed by atoms with Crippen molar-refractivity contribution >= 4 is 29.1 Å². The van der Waals surface area contributed by atoms with Crippen LogP contribution >= 0.6 is 11.6 Å². The Morgan fingerprint density at radius 3 is 2.70 bits per heavy atom. The number of amides is 2. The van der Waals surface area contributed by atoms with Crippen LogP contribution in [0.2, 0.25) is 5.02 Å². The average molecular weight is 390 g/mol. The molecular weight excluding hydrogens is 362 g/mol. The lowest BCUT2D eigenvalue weighted by atomic mass is 9.73. The van der Waals surface area contributed by atoms with Crippen molar-refractivity contribution in [3.63, 3.8) is 0 Å². The molecule has 3 aliphatic rings. The number of nitrogens with two attached hydrogens (primary N) is 1. The van der Waals surface area contributed by atoms with E-state index in [9.17, 15) is 9.59 Å². The highest BCUT2D eigenvalue weighted by Gasteiger charge is 2.43. The predicted octanol–water partition coefficient (Wildman–Crippen LogP) is 3.52. The van der Waals surface area contributed by atoms with E-state index < -0.39 is 5.54 Å². The Morgan fingerprint density at radius 2 is 2.00 bits per heavy atom. The number of likely N-dealkylation sites (tertiary alicyclic amines) is 1. The maximum atomic E-state index is 13.0. The number of rotatable bonds is 2. The van der Waals surface area contributed by atoms with Gasteiger partial charge in [-0.2, -0.15) is 0 Å². The molecule has 3 unspecified atom stereocenters. The van der Waals surface area contributed by atoms with Crippen molar-refractivity contribution in [2.45, 2.75) is 56.9 Å². The molecule has 2 heterocycles. The topological polar surface area (TPSA) is 75.4 Å². The van der Waals surface area contributed by atoms with Gasteiger partial charge in [0.05, 0.1) is 11.8 Å². The summed E-state index contributed by atoms with van der Waals surface area (Å²) in [5.41, 5.74) is 7.90. The van der Waals surface area contributed by atoms with E-state index in [0.29, 0.717) is 18.1 Å². The van der Waals surface area contributed by atoms with Gasteiger partial charge >= 0.3 is 0 Å². The number of carbonyl (C=O) groups excluding carboxylic acids is 2. The van der Waals surface area contributed by atoms with Gasteiger partial charge in [-0.05, 0) is 56.2 Å². The van der Waals surface area contributed by atoms with Gasteiger partial charge in [0.2, 0.25) is 11.8 Å². The normalized spacial score (nSPS) is 31.5. The second-order valence-electron chi connectivity index (χ2n) is 8.67. The molecule has 1 saturated heterocycles. The van der Waals surface area contributed by atoms with Crippen LogP contribution in [0, 0.1) is 11.8 Å². The van der Waals surface area contributed by atoms with Crippen molar-refractivity contribution in [1.29, 1.82) is 0 Å². The first-order valence-electron chi connectivity index (χ1n) is 10.0. The quantitative estimate of drug-likeness (QED) is 0.812. The maximum Gasteiger partial charge on any atom is 0.232 e. The molecular formula is C21H28ClN3O2. The van der Waals surface area contributed by atoms with Gasteiger partial charge in [-0.25, -0.2) is 0 Å². The molecule has 2 aliphatic heterocycles. The van der Waals surface area contributed by atoms with Gasteiger partial charge in [0.15, 0.2) is 0 Å². The van der Waals surface area contributed by atoms with E-state index in [2.05, 4.69) is 5.32 Å². The predicted molar refractivity (Wildman–Crippen MR) is 107 cm³/mol. The Bertz CT molecular complexity index is 756. The third kappa shape index (κ3) is 3.47. The first-order chi connectivity index (χ1) is 12.9. The van der Waals surface area contributed by atoms with E-state index in [1.807, 2.05) is 30.0 Å². The molecule has 0 bridgehead atoms. The van der Waals surface area contributed by atoms with Crippen LogP contribution in [0.1, 0.15) is 56.9 Å². The Kier molecular flexibility index (Phi) is 4.93. The fourth-order valence-electron chi connectivity index (χ4n) is 5.17. The lowest BCUT2D eigenvalue weighted by molar-refractivity contribution is -0.140. The fourth-order valence-corrected chi connectivity index (χ4v) is 5.34. The molecule has 3 atom stereocenters. The second kappa shape index (κ2) is 7.10. The summed E-state index contributed by atoms with van der Waals surface area (Å²) in [6.07, 6.45) is 5.70. The largest absolute Gasteiger partial charge is 0.342 e. The molecule has 4 rings (SSSR count). The number of anilines is 1. The molecule has 1 saturated carbocycles. The maximum absolute atomic E-state index is 13.0. The van der Waals surface area contributed by atoms with Crippen LogP contribution in [0.25, 0.3) is 0 Å². The zero-order chi connectivity index (χ0) is 19.2. The molecule has 3 N–H and O–H groups in total.